The Kier molecular flexibility index (Phi) is 4.69. The minimum absolute atomic E-state index is 0.00655. The maximum atomic E-state index is 13.0. The highest BCUT2D eigenvalue weighted by molar-refractivity contribution is 7.91. The molecule has 0 atom stereocenters. The topological polar surface area (TPSA) is 59.1 Å². The van der Waals surface area contributed by atoms with E-state index in [1.807, 2.05) is 0 Å². The molecule has 0 aliphatic heterocycles. The highest BCUT2D eigenvalue weighted by Crippen LogP contribution is 2.22. The molecule has 4 nitrogen and oxygen atoms in total. The summed E-state index contributed by atoms with van der Waals surface area (Å²) in [6.07, 6.45) is 1.32. The van der Waals surface area contributed by atoms with Crippen molar-refractivity contribution in [3.8, 4) is 0 Å². The zero-order chi connectivity index (χ0) is 14.8. The van der Waals surface area contributed by atoms with Crippen LogP contribution in [-0.2, 0) is 16.4 Å². The lowest BCUT2D eigenvalue weighted by atomic mass is 10.1. The maximum absolute atomic E-state index is 13.0. The van der Waals surface area contributed by atoms with E-state index in [0.29, 0.717) is 5.56 Å². The SMILES string of the molecule is O=S(=O)(NCCc1cc(F)cc(F)c1)c1cnc(Cl)s1. The summed E-state index contributed by atoms with van der Waals surface area (Å²) in [5.74, 6) is -1.39. The van der Waals surface area contributed by atoms with Gasteiger partial charge in [-0.3, -0.25) is 0 Å². The minimum atomic E-state index is -3.70. The molecule has 108 valence electrons. The van der Waals surface area contributed by atoms with Crippen LogP contribution < -0.4 is 4.72 Å². The summed E-state index contributed by atoms with van der Waals surface area (Å²) < 4.78 is 52.0. The number of sulfonamides is 1. The lowest BCUT2D eigenvalue weighted by Crippen LogP contribution is -2.25. The first-order valence-corrected chi connectivity index (χ1v) is 8.10. The van der Waals surface area contributed by atoms with Gasteiger partial charge >= 0.3 is 0 Å². The van der Waals surface area contributed by atoms with E-state index in [2.05, 4.69) is 9.71 Å². The molecule has 1 N–H and O–H groups in total. The second-order valence-corrected chi connectivity index (χ2v) is 7.46. The van der Waals surface area contributed by atoms with Crippen LogP contribution in [0.2, 0.25) is 4.47 Å². The van der Waals surface area contributed by atoms with Crippen molar-refractivity contribution in [2.24, 2.45) is 0 Å². The van der Waals surface area contributed by atoms with Gasteiger partial charge in [0, 0.05) is 12.6 Å². The van der Waals surface area contributed by atoms with Gasteiger partial charge in [0.2, 0.25) is 0 Å². The van der Waals surface area contributed by atoms with Crippen LogP contribution >= 0.6 is 22.9 Å². The van der Waals surface area contributed by atoms with Crippen LogP contribution in [0.1, 0.15) is 5.56 Å². The fraction of sp³-hybridized carbons (Fsp3) is 0.182. The number of thiazole rings is 1. The van der Waals surface area contributed by atoms with E-state index in [4.69, 9.17) is 11.6 Å². The minimum Gasteiger partial charge on any atom is -0.232 e. The summed E-state index contributed by atoms with van der Waals surface area (Å²) in [6, 6.07) is 3.06. The summed E-state index contributed by atoms with van der Waals surface area (Å²) in [6.45, 7) is 0.0146. The van der Waals surface area contributed by atoms with Gasteiger partial charge in [0.1, 0.15) is 11.6 Å². The van der Waals surface area contributed by atoms with Gasteiger partial charge in [-0.1, -0.05) is 22.9 Å². The van der Waals surface area contributed by atoms with Gasteiger partial charge in [-0.05, 0) is 24.1 Å². The van der Waals surface area contributed by atoms with Crippen LogP contribution in [0.3, 0.4) is 0 Å². The Morgan fingerprint density at radius 2 is 1.90 bits per heavy atom. The zero-order valence-electron chi connectivity index (χ0n) is 9.94. The third kappa shape index (κ3) is 3.95. The quantitative estimate of drug-likeness (QED) is 0.911. The van der Waals surface area contributed by atoms with E-state index in [1.165, 1.54) is 0 Å². The van der Waals surface area contributed by atoms with Crippen molar-refractivity contribution in [2.75, 3.05) is 6.54 Å². The Hall–Kier alpha value is -1.09. The molecule has 0 aliphatic carbocycles. The highest BCUT2D eigenvalue weighted by Gasteiger charge is 2.16. The van der Waals surface area contributed by atoms with Gasteiger partial charge in [-0.2, -0.15) is 0 Å². The van der Waals surface area contributed by atoms with E-state index >= 15 is 0 Å². The van der Waals surface area contributed by atoms with Crippen molar-refractivity contribution in [3.63, 3.8) is 0 Å². The molecule has 1 aromatic carbocycles. The van der Waals surface area contributed by atoms with Gasteiger partial charge in [-0.25, -0.2) is 26.9 Å². The molecule has 1 aromatic heterocycles. The molecule has 0 saturated heterocycles. The lowest BCUT2D eigenvalue weighted by Gasteiger charge is -2.05. The number of halogens is 3. The van der Waals surface area contributed by atoms with E-state index in [1.54, 1.807) is 0 Å². The predicted molar refractivity (Wildman–Crippen MR) is 72.4 cm³/mol. The summed E-state index contributed by atoms with van der Waals surface area (Å²) in [4.78, 5) is 3.64. The van der Waals surface area contributed by atoms with E-state index in [0.717, 1.165) is 35.7 Å². The molecule has 2 rings (SSSR count). The first-order chi connectivity index (χ1) is 9.37. The second-order valence-electron chi connectivity index (χ2n) is 3.86. The van der Waals surface area contributed by atoms with E-state index in [-0.39, 0.29) is 21.6 Å². The Labute approximate surface area is 123 Å². The summed E-state index contributed by atoms with van der Waals surface area (Å²) in [7, 11) is -3.70. The van der Waals surface area contributed by atoms with E-state index in [9.17, 15) is 17.2 Å². The predicted octanol–water partition coefficient (Wildman–Crippen LogP) is 2.60. The third-order valence-electron chi connectivity index (χ3n) is 2.35. The van der Waals surface area contributed by atoms with Crippen LogP contribution in [0.4, 0.5) is 8.78 Å². The van der Waals surface area contributed by atoms with Gasteiger partial charge < -0.3 is 0 Å². The van der Waals surface area contributed by atoms with Gasteiger partial charge in [0.05, 0.1) is 6.20 Å². The fourth-order valence-corrected chi connectivity index (χ4v) is 3.89. The number of benzene rings is 1. The lowest BCUT2D eigenvalue weighted by molar-refractivity contribution is 0.577. The molecular formula is C11H9ClF2N2O2S2. The summed E-state index contributed by atoms with van der Waals surface area (Å²) in [5.41, 5.74) is 0.368. The van der Waals surface area contributed by atoms with Gasteiger partial charge in [-0.15, -0.1) is 0 Å². The zero-order valence-corrected chi connectivity index (χ0v) is 12.3. The Balaban J connectivity index is 1.99. The fourth-order valence-electron chi connectivity index (χ4n) is 1.52. The Morgan fingerprint density at radius 1 is 1.25 bits per heavy atom. The summed E-state index contributed by atoms with van der Waals surface area (Å²) in [5, 5.41) is 0. The highest BCUT2D eigenvalue weighted by atomic mass is 35.5. The van der Waals surface area contributed by atoms with Gasteiger partial charge in [0.25, 0.3) is 10.0 Å². The molecule has 0 radical (unpaired) electrons. The number of aromatic nitrogens is 1. The molecule has 0 spiro atoms. The molecule has 20 heavy (non-hydrogen) atoms. The Bertz CT molecular complexity index is 699. The smallest absolute Gasteiger partial charge is 0.232 e. The maximum Gasteiger partial charge on any atom is 0.251 e. The summed E-state index contributed by atoms with van der Waals surface area (Å²) >= 11 is 6.39. The van der Waals surface area contributed by atoms with Crippen LogP contribution in [0.25, 0.3) is 0 Å². The normalized spacial score (nSPS) is 11.8. The van der Waals surface area contributed by atoms with Crippen molar-refractivity contribution in [1.82, 2.24) is 9.71 Å². The molecule has 0 saturated carbocycles. The third-order valence-corrected chi connectivity index (χ3v) is 5.39. The molecule has 0 bridgehead atoms. The largest absolute Gasteiger partial charge is 0.251 e. The number of hydrogen-bond acceptors (Lipinski definition) is 4. The standard InChI is InChI=1S/C11H9ClF2N2O2S2/c12-11-15-6-10(19-11)20(17,18)16-2-1-7-3-8(13)5-9(14)4-7/h3-6,16H,1-2H2. The molecule has 0 amide bonds. The molecule has 1 heterocycles. The van der Waals surface area contributed by atoms with Crippen molar-refractivity contribution < 1.29 is 17.2 Å². The number of nitrogens with one attached hydrogen (secondary N) is 1. The van der Waals surface area contributed by atoms with Crippen molar-refractivity contribution in [1.29, 1.82) is 0 Å². The first-order valence-electron chi connectivity index (χ1n) is 5.43. The van der Waals surface area contributed by atoms with Crippen molar-refractivity contribution in [2.45, 2.75) is 10.6 Å². The van der Waals surface area contributed by atoms with E-state index < -0.39 is 21.7 Å². The number of hydrogen-bond donors (Lipinski definition) is 1. The average molecular weight is 339 g/mol. The monoisotopic (exact) mass is 338 g/mol. The van der Waals surface area contributed by atoms with Crippen LogP contribution in [-0.4, -0.2) is 19.9 Å². The van der Waals surface area contributed by atoms with Crippen LogP contribution in [0.15, 0.2) is 28.6 Å². The molecule has 0 fully saturated rings. The average Bonchev–Trinajstić information content (AvgIpc) is 2.75. The van der Waals surface area contributed by atoms with Crippen molar-refractivity contribution in [3.05, 3.63) is 46.1 Å². The molecular weight excluding hydrogens is 330 g/mol. The van der Waals surface area contributed by atoms with Crippen LogP contribution in [0, 0.1) is 11.6 Å². The number of nitrogens with zero attached hydrogens (tertiary/aromatic N) is 1. The molecule has 2 aromatic rings. The Morgan fingerprint density at radius 3 is 2.45 bits per heavy atom. The molecule has 9 heteroatoms. The second kappa shape index (κ2) is 6.13. The number of rotatable bonds is 5. The first kappa shape index (κ1) is 15.3. The molecule has 0 unspecified atom stereocenters. The van der Waals surface area contributed by atoms with Crippen LogP contribution in [0.5, 0.6) is 0 Å². The molecule has 0 aliphatic rings. The van der Waals surface area contributed by atoms with Crippen molar-refractivity contribution >= 4 is 33.0 Å². The van der Waals surface area contributed by atoms with Gasteiger partial charge in [0.15, 0.2) is 8.68 Å².